The fraction of sp³-hybridized carbons (Fsp3) is 0.292. The van der Waals surface area contributed by atoms with E-state index in [1.165, 1.54) is 25.4 Å². The summed E-state index contributed by atoms with van der Waals surface area (Å²) in [7, 11) is 1.42. The summed E-state index contributed by atoms with van der Waals surface area (Å²) in [6, 6.07) is 9.90. The van der Waals surface area contributed by atoms with Crippen LogP contribution in [0.5, 0.6) is 5.75 Å². The topological polar surface area (TPSA) is 128 Å². The molecule has 1 fully saturated rings. The number of methoxy groups -OCH3 is 1. The van der Waals surface area contributed by atoms with Gasteiger partial charge in [0.25, 0.3) is 5.91 Å². The van der Waals surface area contributed by atoms with Gasteiger partial charge in [0.05, 0.1) is 25.3 Å². The fourth-order valence-electron chi connectivity index (χ4n) is 4.32. The zero-order valence-electron chi connectivity index (χ0n) is 18.5. The van der Waals surface area contributed by atoms with Gasteiger partial charge in [0.15, 0.2) is 5.82 Å². The molecule has 1 amide bonds. The van der Waals surface area contributed by atoms with Crippen molar-refractivity contribution in [3.63, 3.8) is 0 Å². The van der Waals surface area contributed by atoms with Crippen molar-refractivity contribution in [3.8, 4) is 28.3 Å². The molecule has 0 saturated carbocycles. The Bertz CT molecular complexity index is 1200. The summed E-state index contributed by atoms with van der Waals surface area (Å²) in [5.41, 5.74) is 14.7. The molecule has 2 heterocycles. The highest BCUT2D eigenvalue weighted by Gasteiger charge is 2.32. The van der Waals surface area contributed by atoms with Crippen LogP contribution in [0.25, 0.3) is 22.5 Å². The van der Waals surface area contributed by atoms with Crippen LogP contribution in [0, 0.1) is 12.7 Å². The van der Waals surface area contributed by atoms with Gasteiger partial charge in [-0.25, -0.2) is 14.4 Å². The van der Waals surface area contributed by atoms with Crippen LogP contribution < -0.4 is 21.1 Å². The number of benzene rings is 2. The molecule has 1 aromatic heterocycles. The Morgan fingerprint density at radius 3 is 2.79 bits per heavy atom. The molecule has 9 heteroatoms. The summed E-state index contributed by atoms with van der Waals surface area (Å²) in [6.07, 6.45) is 2.12. The first-order valence-corrected chi connectivity index (χ1v) is 10.6. The van der Waals surface area contributed by atoms with E-state index in [9.17, 15) is 14.3 Å². The van der Waals surface area contributed by atoms with Gasteiger partial charge in [-0.05, 0) is 37.6 Å². The third-order valence-corrected chi connectivity index (χ3v) is 5.85. The van der Waals surface area contributed by atoms with Crippen molar-refractivity contribution in [3.05, 3.63) is 59.7 Å². The average Bonchev–Trinajstić information content (AvgIpc) is 3.18. The number of amides is 1. The van der Waals surface area contributed by atoms with E-state index in [1.807, 2.05) is 30.0 Å². The monoisotopic (exact) mass is 451 g/mol. The van der Waals surface area contributed by atoms with Gasteiger partial charge in [0.2, 0.25) is 0 Å². The second kappa shape index (κ2) is 9.13. The van der Waals surface area contributed by atoms with Crippen LogP contribution in [0.2, 0.25) is 0 Å². The van der Waals surface area contributed by atoms with E-state index in [0.29, 0.717) is 24.1 Å². The van der Waals surface area contributed by atoms with Gasteiger partial charge in [0.1, 0.15) is 17.3 Å². The summed E-state index contributed by atoms with van der Waals surface area (Å²) < 4.78 is 19.9. The van der Waals surface area contributed by atoms with E-state index in [-0.39, 0.29) is 41.5 Å². The number of halogens is 1. The number of hydrogen-bond donors (Lipinski definition) is 3. The molecule has 0 radical (unpaired) electrons. The lowest BCUT2D eigenvalue weighted by Crippen LogP contribution is -2.33. The smallest absolute Gasteiger partial charge is 0.268 e. The van der Waals surface area contributed by atoms with Crippen molar-refractivity contribution in [2.75, 3.05) is 25.2 Å². The molecule has 1 aliphatic rings. The molecule has 33 heavy (non-hydrogen) atoms. The molecular weight excluding hydrogens is 425 g/mol. The van der Waals surface area contributed by atoms with Gasteiger partial charge < -0.3 is 26.2 Å². The van der Waals surface area contributed by atoms with Crippen molar-refractivity contribution in [2.24, 2.45) is 11.5 Å². The number of nitrogens with zero attached hydrogens (tertiary/aromatic N) is 3. The number of aliphatic hydroxyl groups is 1. The van der Waals surface area contributed by atoms with Crippen LogP contribution in [0.15, 0.2) is 42.6 Å². The van der Waals surface area contributed by atoms with Crippen LogP contribution in [0.3, 0.4) is 0 Å². The van der Waals surface area contributed by atoms with E-state index in [2.05, 4.69) is 9.97 Å². The number of rotatable bonds is 6. The number of anilines is 1. The van der Waals surface area contributed by atoms with Crippen LogP contribution in [0.1, 0.15) is 22.5 Å². The molecule has 2 atom stereocenters. The maximum Gasteiger partial charge on any atom is 0.268 e. The van der Waals surface area contributed by atoms with Crippen molar-refractivity contribution < 1.29 is 19.0 Å². The van der Waals surface area contributed by atoms with Crippen LogP contribution in [-0.2, 0) is 0 Å². The summed E-state index contributed by atoms with van der Waals surface area (Å²) in [5, 5.41) is 9.87. The number of carbonyl (C=O) groups is 1. The Balaban J connectivity index is 1.89. The molecule has 8 nitrogen and oxygen atoms in total. The Morgan fingerprint density at radius 2 is 2.09 bits per heavy atom. The van der Waals surface area contributed by atoms with E-state index >= 15 is 0 Å². The third kappa shape index (κ3) is 4.24. The maximum atomic E-state index is 14.6. The highest BCUT2D eigenvalue weighted by atomic mass is 19.1. The average molecular weight is 452 g/mol. The summed E-state index contributed by atoms with van der Waals surface area (Å²) in [4.78, 5) is 23.2. The molecule has 2 aromatic carbocycles. The molecule has 172 valence electrons. The quantitative estimate of drug-likeness (QED) is 0.524. The molecule has 1 aliphatic heterocycles. The predicted molar refractivity (Wildman–Crippen MR) is 123 cm³/mol. The number of hydrogen-bond acceptors (Lipinski definition) is 7. The molecule has 3 aromatic rings. The number of aromatic nitrogens is 2. The number of nitrogens with two attached hydrogens (primary N) is 2. The molecule has 0 spiro atoms. The standard InChI is InChI=1S/C24H26FN5O3/c1-13-6-7-19(30-11-14(26)9-15(30)12-31)16(8-13)17-10-28-24(29-22(17)23(27)32)21-18(25)4-3-5-20(21)33-2/h3-8,10,14-15,31H,9,11-12,26H2,1-2H3,(H2,27,32)/t14-,15-/m0/s1. The lowest BCUT2D eigenvalue weighted by Gasteiger charge is -2.28. The highest BCUT2D eigenvalue weighted by molar-refractivity contribution is 6.00. The fourth-order valence-corrected chi connectivity index (χ4v) is 4.32. The Hall–Kier alpha value is -3.56. The van der Waals surface area contributed by atoms with Gasteiger partial charge in [-0.3, -0.25) is 4.79 Å². The first-order valence-electron chi connectivity index (χ1n) is 10.6. The lowest BCUT2D eigenvalue weighted by molar-refractivity contribution is 0.0996. The molecular formula is C24H26FN5O3. The SMILES string of the molecule is COc1cccc(F)c1-c1ncc(-c2cc(C)ccc2N2C[C@@H](N)C[C@H]2CO)c(C(N)=O)n1. The van der Waals surface area contributed by atoms with Crippen LogP contribution >= 0.6 is 0 Å². The number of aliphatic hydroxyl groups excluding tert-OH is 1. The molecule has 1 saturated heterocycles. The van der Waals surface area contributed by atoms with Crippen molar-refractivity contribution >= 4 is 11.6 Å². The first kappa shape index (κ1) is 22.6. The molecule has 4 rings (SSSR count). The van der Waals surface area contributed by atoms with Crippen molar-refractivity contribution in [1.29, 1.82) is 0 Å². The zero-order chi connectivity index (χ0) is 23.7. The largest absolute Gasteiger partial charge is 0.496 e. The van der Waals surface area contributed by atoms with Gasteiger partial charge in [-0.15, -0.1) is 0 Å². The number of aryl methyl sites for hydroxylation is 1. The summed E-state index contributed by atoms with van der Waals surface area (Å²) in [5.74, 6) is -1.11. The second-order valence-corrected chi connectivity index (χ2v) is 8.14. The minimum absolute atomic E-state index is 0.00636. The number of carbonyl (C=O) groups excluding carboxylic acids is 1. The van der Waals surface area contributed by atoms with Gasteiger partial charge in [-0.1, -0.05) is 17.7 Å². The number of primary amides is 1. The van der Waals surface area contributed by atoms with Gasteiger partial charge in [0, 0.05) is 35.6 Å². The number of ether oxygens (including phenoxy) is 1. The van der Waals surface area contributed by atoms with Crippen LogP contribution in [0.4, 0.5) is 10.1 Å². The van der Waals surface area contributed by atoms with Crippen LogP contribution in [-0.4, -0.2) is 53.3 Å². The minimum Gasteiger partial charge on any atom is -0.496 e. The van der Waals surface area contributed by atoms with E-state index in [4.69, 9.17) is 16.2 Å². The lowest BCUT2D eigenvalue weighted by atomic mass is 9.99. The minimum atomic E-state index is -0.770. The Morgan fingerprint density at radius 1 is 1.30 bits per heavy atom. The highest BCUT2D eigenvalue weighted by Crippen LogP contribution is 2.38. The van der Waals surface area contributed by atoms with E-state index < -0.39 is 11.7 Å². The molecule has 0 bridgehead atoms. The predicted octanol–water partition coefficient (Wildman–Crippen LogP) is 2.26. The zero-order valence-corrected chi connectivity index (χ0v) is 18.5. The Kier molecular flexibility index (Phi) is 6.26. The molecule has 0 aliphatic carbocycles. The van der Waals surface area contributed by atoms with Crippen molar-refractivity contribution in [2.45, 2.75) is 25.4 Å². The van der Waals surface area contributed by atoms with E-state index in [0.717, 1.165) is 11.3 Å². The van der Waals surface area contributed by atoms with Gasteiger partial charge >= 0.3 is 0 Å². The normalized spacial score (nSPS) is 17.9. The van der Waals surface area contributed by atoms with E-state index in [1.54, 1.807) is 6.07 Å². The molecule has 0 unspecified atom stereocenters. The Labute approximate surface area is 191 Å². The third-order valence-electron chi connectivity index (χ3n) is 5.85. The first-order chi connectivity index (χ1) is 15.8. The molecule has 5 N–H and O–H groups in total. The second-order valence-electron chi connectivity index (χ2n) is 8.14. The van der Waals surface area contributed by atoms with Crippen molar-refractivity contribution in [1.82, 2.24) is 9.97 Å². The van der Waals surface area contributed by atoms with Gasteiger partial charge in [-0.2, -0.15) is 0 Å². The maximum absolute atomic E-state index is 14.6. The summed E-state index contributed by atoms with van der Waals surface area (Å²) >= 11 is 0. The summed E-state index contributed by atoms with van der Waals surface area (Å²) in [6.45, 7) is 2.43.